The molecule has 0 fully saturated rings. The van der Waals surface area contributed by atoms with Crippen LogP contribution in [0.4, 0.5) is 0 Å². The van der Waals surface area contributed by atoms with E-state index in [9.17, 15) is 0 Å². The van der Waals surface area contributed by atoms with Crippen LogP contribution < -0.4 is 0 Å². The van der Waals surface area contributed by atoms with Crippen LogP contribution in [0.25, 0.3) is 0 Å². The highest BCUT2D eigenvalue weighted by molar-refractivity contribution is 7.47. The number of unbranched alkanes of at least 4 members (excludes halogenated alkanes) is 4. The molecule has 0 radical (unpaired) electrons. The molecule has 3 heteroatoms. The third kappa shape index (κ3) is 9.98. The molecule has 0 saturated carbocycles. The molecular weight excluding hydrogens is 168 g/mol. The second-order valence-corrected chi connectivity index (χ2v) is 3.68. The summed E-state index contributed by atoms with van der Waals surface area (Å²) in [6.45, 7) is 2.08. The Morgan fingerprint density at radius 3 is 2.17 bits per heavy atom. The molecule has 0 aliphatic rings. The average Bonchev–Trinajstić information content (AvgIpc) is 2.02. The van der Waals surface area contributed by atoms with Gasteiger partial charge in [-0.15, -0.1) is 0 Å². The maximum absolute atomic E-state index is 4.51. The van der Waals surface area contributed by atoms with Crippen LogP contribution in [0.2, 0.25) is 0 Å². The van der Waals surface area contributed by atoms with Crippen LogP contribution in [0, 0.1) is 0 Å². The summed E-state index contributed by atoms with van der Waals surface area (Å²) in [5.74, 6) is 0. The second kappa shape index (κ2) is 9.07. The van der Waals surface area contributed by atoms with E-state index in [1.54, 1.807) is 0 Å². The molecule has 0 saturated heterocycles. The number of hydrogen-bond acceptors (Lipinski definition) is 3. The van der Waals surface area contributed by atoms with E-state index in [0.717, 1.165) is 6.54 Å². The van der Waals surface area contributed by atoms with Crippen LogP contribution in [0.5, 0.6) is 0 Å². The van der Waals surface area contributed by atoms with Gasteiger partial charge in [-0.05, 0) is 33.5 Å². The lowest BCUT2D eigenvalue weighted by Gasteiger charge is -2.08. The molecule has 0 amide bonds. The summed E-state index contributed by atoms with van der Waals surface area (Å²) in [5, 5.41) is 0. The molecule has 0 aromatic heterocycles. The van der Waals surface area contributed by atoms with Crippen molar-refractivity contribution in [1.29, 1.82) is 0 Å². The van der Waals surface area contributed by atoms with E-state index in [1.807, 2.05) is 0 Å². The van der Waals surface area contributed by atoms with Crippen molar-refractivity contribution >= 4 is 12.4 Å². The van der Waals surface area contributed by atoms with E-state index in [2.05, 4.69) is 35.8 Å². The molecule has 12 heavy (non-hydrogen) atoms. The molecule has 2 nitrogen and oxygen atoms in total. The largest absolute Gasteiger partial charge is 0.309 e. The quantitative estimate of drug-likeness (QED) is 0.543. The molecule has 0 aromatic rings. The van der Waals surface area contributed by atoms with E-state index in [4.69, 9.17) is 0 Å². The first-order valence-corrected chi connectivity index (χ1v) is 5.07. The van der Waals surface area contributed by atoms with E-state index < -0.39 is 0 Å². The van der Waals surface area contributed by atoms with Crippen LogP contribution in [-0.2, 0) is 12.4 Å². The molecule has 0 rings (SSSR count). The van der Waals surface area contributed by atoms with Gasteiger partial charge in [-0.1, -0.05) is 19.3 Å². The molecule has 0 N–H and O–H groups in total. The first-order chi connectivity index (χ1) is 5.77. The van der Waals surface area contributed by atoms with E-state index in [0.29, 0.717) is 0 Å². The Bertz CT molecular complexity index is 105. The normalized spacial score (nSPS) is 10.6. The van der Waals surface area contributed by atoms with Crippen molar-refractivity contribution < 1.29 is 0 Å². The zero-order valence-corrected chi connectivity index (χ0v) is 9.07. The highest BCUT2D eigenvalue weighted by Gasteiger charge is 1.91. The SMILES string of the molecule is CN(C)CCCCCCCN=S. The summed E-state index contributed by atoms with van der Waals surface area (Å²) in [7, 11) is 4.24. The fourth-order valence-electron chi connectivity index (χ4n) is 1.13. The highest BCUT2D eigenvalue weighted by Crippen LogP contribution is 2.03. The van der Waals surface area contributed by atoms with Gasteiger partial charge < -0.3 is 4.90 Å². The van der Waals surface area contributed by atoms with Gasteiger partial charge in [-0.2, -0.15) is 0 Å². The van der Waals surface area contributed by atoms with E-state index in [-0.39, 0.29) is 0 Å². The Morgan fingerprint density at radius 1 is 1.00 bits per heavy atom. The highest BCUT2D eigenvalue weighted by atomic mass is 32.1. The smallest absolute Gasteiger partial charge is 0.0521 e. The lowest BCUT2D eigenvalue weighted by atomic mass is 10.1. The lowest BCUT2D eigenvalue weighted by molar-refractivity contribution is 0.390. The van der Waals surface area contributed by atoms with Crippen LogP contribution in [-0.4, -0.2) is 32.1 Å². The van der Waals surface area contributed by atoms with Gasteiger partial charge in [0.2, 0.25) is 0 Å². The Hall–Kier alpha value is -0.0200. The van der Waals surface area contributed by atoms with Gasteiger partial charge in [0.05, 0.1) is 6.54 Å². The molecule has 0 atom stereocenters. The van der Waals surface area contributed by atoms with Gasteiger partial charge in [0.25, 0.3) is 0 Å². The van der Waals surface area contributed by atoms with Crippen LogP contribution in [0.15, 0.2) is 4.36 Å². The number of rotatable bonds is 8. The van der Waals surface area contributed by atoms with Crippen molar-refractivity contribution in [2.45, 2.75) is 32.1 Å². The first-order valence-electron chi connectivity index (χ1n) is 4.71. The van der Waals surface area contributed by atoms with Gasteiger partial charge in [0.1, 0.15) is 0 Å². The van der Waals surface area contributed by atoms with Gasteiger partial charge in [0.15, 0.2) is 0 Å². The Kier molecular flexibility index (Phi) is 9.06. The fraction of sp³-hybridized carbons (Fsp3) is 1.00. The Morgan fingerprint density at radius 2 is 1.58 bits per heavy atom. The van der Waals surface area contributed by atoms with Crippen molar-refractivity contribution in [3.05, 3.63) is 0 Å². The minimum absolute atomic E-state index is 0.864. The average molecular weight is 188 g/mol. The lowest BCUT2D eigenvalue weighted by Crippen LogP contribution is -2.12. The third-order valence-electron chi connectivity index (χ3n) is 1.85. The maximum Gasteiger partial charge on any atom is 0.0521 e. The van der Waals surface area contributed by atoms with Gasteiger partial charge in [-0.25, -0.2) is 4.36 Å². The molecule has 0 unspecified atom stereocenters. The molecule has 0 aliphatic heterocycles. The predicted octanol–water partition coefficient (Wildman–Crippen LogP) is 2.23. The standard InChI is InChI=1S/C9H20N2S/c1-11(2)9-7-5-3-4-6-8-10-12/h3-9H2,1-2H3. The zero-order chi connectivity index (χ0) is 9.23. The molecule has 72 valence electrons. The van der Waals surface area contributed by atoms with Crippen molar-refractivity contribution in [2.24, 2.45) is 4.36 Å². The van der Waals surface area contributed by atoms with Crippen LogP contribution >= 0.6 is 0 Å². The molecule has 0 heterocycles. The minimum Gasteiger partial charge on any atom is -0.309 e. The molecular formula is C9H20N2S. The first kappa shape index (κ1) is 12.0. The molecule has 0 spiro atoms. The van der Waals surface area contributed by atoms with Crippen molar-refractivity contribution in [2.75, 3.05) is 27.2 Å². The summed E-state index contributed by atoms with van der Waals surface area (Å²) in [6, 6.07) is 0. The maximum atomic E-state index is 4.51. The van der Waals surface area contributed by atoms with Crippen LogP contribution in [0.3, 0.4) is 0 Å². The summed E-state index contributed by atoms with van der Waals surface area (Å²) in [4.78, 5) is 2.23. The topological polar surface area (TPSA) is 15.6 Å². The number of hydrogen-bond donors (Lipinski definition) is 0. The van der Waals surface area contributed by atoms with E-state index >= 15 is 0 Å². The summed E-state index contributed by atoms with van der Waals surface area (Å²) < 4.78 is 3.66. The van der Waals surface area contributed by atoms with Crippen molar-refractivity contribution in [3.63, 3.8) is 0 Å². The van der Waals surface area contributed by atoms with Crippen LogP contribution in [0.1, 0.15) is 32.1 Å². The summed E-state index contributed by atoms with van der Waals surface area (Å²) in [5.41, 5.74) is 0. The van der Waals surface area contributed by atoms with Gasteiger partial charge in [-0.3, -0.25) is 0 Å². The second-order valence-electron chi connectivity index (χ2n) is 3.42. The molecule has 0 bridgehead atoms. The minimum atomic E-state index is 0.864. The van der Waals surface area contributed by atoms with Crippen molar-refractivity contribution in [1.82, 2.24) is 4.90 Å². The zero-order valence-electron chi connectivity index (χ0n) is 8.25. The molecule has 0 aliphatic carbocycles. The van der Waals surface area contributed by atoms with Gasteiger partial charge in [0, 0.05) is 12.4 Å². The molecule has 0 aromatic carbocycles. The Labute approximate surface area is 81.5 Å². The Balaban J connectivity index is 2.86. The predicted molar refractivity (Wildman–Crippen MR) is 56.3 cm³/mol. The monoisotopic (exact) mass is 188 g/mol. The van der Waals surface area contributed by atoms with Gasteiger partial charge >= 0.3 is 0 Å². The van der Waals surface area contributed by atoms with Crippen molar-refractivity contribution in [3.8, 4) is 0 Å². The fourth-order valence-corrected chi connectivity index (χ4v) is 1.26. The number of nitrogens with zero attached hydrogens (tertiary/aromatic N) is 2. The third-order valence-corrected chi connectivity index (χ3v) is 2.04. The summed E-state index contributed by atoms with van der Waals surface area (Å²) in [6.07, 6.45) is 6.45. The van der Waals surface area contributed by atoms with E-state index in [1.165, 1.54) is 38.6 Å². The summed E-state index contributed by atoms with van der Waals surface area (Å²) >= 11 is 4.51.